The van der Waals surface area contributed by atoms with Crippen LogP contribution in [0.5, 0.6) is 0 Å². The molecule has 0 spiro atoms. The highest BCUT2D eigenvalue weighted by Crippen LogP contribution is 2.30. The lowest BCUT2D eigenvalue weighted by molar-refractivity contribution is 0.556. The van der Waals surface area contributed by atoms with E-state index in [-0.39, 0.29) is 11.9 Å². The standard InChI is InChI=1S/C11H9BrFIN2S/c12-8-3-1-2-7(10(8)13)11(16-15)6-4-9(14)17-5-6/h1-5,11,16H,15H2. The van der Waals surface area contributed by atoms with Crippen LogP contribution < -0.4 is 11.3 Å². The molecule has 1 unspecified atom stereocenters. The number of hydrazine groups is 1. The number of hydrogen-bond donors (Lipinski definition) is 2. The number of halogens is 3. The zero-order valence-corrected chi connectivity index (χ0v) is 13.1. The van der Waals surface area contributed by atoms with Crippen molar-refractivity contribution in [2.45, 2.75) is 6.04 Å². The van der Waals surface area contributed by atoms with Crippen LogP contribution in [0, 0.1) is 8.70 Å². The average Bonchev–Trinajstić information content (AvgIpc) is 2.72. The van der Waals surface area contributed by atoms with Crippen molar-refractivity contribution in [3.8, 4) is 0 Å². The van der Waals surface area contributed by atoms with Crippen LogP contribution in [0.1, 0.15) is 17.2 Å². The minimum atomic E-state index is -0.327. The van der Waals surface area contributed by atoms with Crippen molar-refractivity contribution in [3.05, 3.63) is 53.9 Å². The smallest absolute Gasteiger partial charge is 0.142 e. The third-order valence-corrected chi connectivity index (χ3v) is 4.80. The third kappa shape index (κ3) is 2.87. The highest BCUT2D eigenvalue weighted by Gasteiger charge is 2.18. The average molecular weight is 427 g/mol. The zero-order valence-electron chi connectivity index (χ0n) is 8.58. The largest absolute Gasteiger partial charge is 0.271 e. The first-order valence-electron chi connectivity index (χ1n) is 4.77. The molecule has 6 heteroatoms. The van der Waals surface area contributed by atoms with E-state index >= 15 is 0 Å². The first-order valence-corrected chi connectivity index (χ1v) is 7.52. The van der Waals surface area contributed by atoms with Crippen LogP contribution in [0.3, 0.4) is 0 Å². The molecular weight excluding hydrogens is 418 g/mol. The van der Waals surface area contributed by atoms with E-state index in [4.69, 9.17) is 5.84 Å². The van der Waals surface area contributed by atoms with Gasteiger partial charge in [-0.2, -0.15) is 0 Å². The van der Waals surface area contributed by atoms with E-state index in [1.165, 1.54) is 0 Å². The highest BCUT2D eigenvalue weighted by atomic mass is 127. The van der Waals surface area contributed by atoms with Crippen LogP contribution in [0.15, 0.2) is 34.1 Å². The molecule has 0 bridgehead atoms. The second-order valence-corrected chi connectivity index (χ2v) is 7.09. The first-order chi connectivity index (χ1) is 8.13. The van der Waals surface area contributed by atoms with Crippen molar-refractivity contribution in [2.24, 2.45) is 5.84 Å². The molecule has 2 nitrogen and oxygen atoms in total. The molecule has 17 heavy (non-hydrogen) atoms. The van der Waals surface area contributed by atoms with Crippen LogP contribution in [0.4, 0.5) is 4.39 Å². The molecule has 2 rings (SSSR count). The Morgan fingerprint density at radius 1 is 1.47 bits per heavy atom. The van der Waals surface area contributed by atoms with Crippen LogP contribution in [-0.2, 0) is 0 Å². The fourth-order valence-corrected chi connectivity index (χ4v) is 3.36. The molecule has 0 aliphatic carbocycles. The minimum Gasteiger partial charge on any atom is -0.271 e. The number of rotatable bonds is 3. The Balaban J connectivity index is 2.45. The van der Waals surface area contributed by atoms with E-state index in [1.807, 2.05) is 11.4 Å². The van der Waals surface area contributed by atoms with Crippen LogP contribution in [-0.4, -0.2) is 0 Å². The second kappa shape index (κ2) is 5.75. The molecule has 3 N–H and O–H groups in total. The summed E-state index contributed by atoms with van der Waals surface area (Å²) in [7, 11) is 0. The van der Waals surface area contributed by atoms with Crippen molar-refractivity contribution in [1.29, 1.82) is 0 Å². The predicted octanol–water partition coefficient (Wildman–Crippen LogP) is 3.81. The molecule has 0 aliphatic rings. The Bertz CT molecular complexity index is 532. The van der Waals surface area contributed by atoms with Gasteiger partial charge in [0.05, 0.1) is 13.4 Å². The van der Waals surface area contributed by atoms with Gasteiger partial charge >= 0.3 is 0 Å². The molecule has 90 valence electrons. The predicted molar refractivity (Wildman–Crippen MR) is 80.3 cm³/mol. The van der Waals surface area contributed by atoms with Gasteiger partial charge in [0, 0.05) is 5.56 Å². The number of nitrogens with one attached hydrogen (secondary N) is 1. The Morgan fingerprint density at radius 3 is 2.82 bits per heavy atom. The van der Waals surface area contributed by atoms with Gasteiger partial charge in [0.1, 0.15) is 5.82 Å². The first kappa shape index (κ1) is 13.4. The van der Waals surface area contributed by atoms with Gasteiger partial charge in [-0.3, -0.25) is 5.84 Å². The maximum absolute atomic E-state index is 14.0. The highest BCUT2D eigenvalue weighted by molar-refractivity contribution is 14.1. The summed E-state index contributed by atoms with van der Waals surface area (Å²) in [6, 6.07) is 6.87. The molecular formula is C11H9BrFIN2S. The van der Waals surface area contributed by atoms with Crippen molar-refractivity contribution >= 4 is 49.9 Å². The molecule has 1 aromatic carbocycles. The van der Waals surface area contributed by atoms with Crippen molar-refractivity contribution in [1.82, 2.24) is 5.43 Å². The summed E-state index contributed by atoms with van der Waals surface area (Å²) in [6.07, 6.45) is 0. The van der Waals surface area contributed by atoms with Crippen molar-refractivity contribution in [2.75, 3.05) is 0 Å². The summed E-state index contributed by atoms with van der Waals surface area (Å²) < 4.78 is 15.6. The van der Waals surface area contributed by atoms with Crippen molar-refractivity contribution in [3.63, 3.8) is 0 Å². The number of hydrogen-bond acceptors (Lipinski definition) is 3. The van der Waals surface area contributed by atoms with E-state index in [2.05, 4.69) is 43.9 Å². The number of benzene rings is 1. The van der Waals surface area contributed by atoms with Gasteiger partial charge in [0.25, 0.3) is 0 Å². The molecule has 0 aliphatic heterocycles. The van der Waals surface area contributed by atoms with E-state index in [9.17, 15) is 4.39 Å². The molecule has 1 aromatic heterocycles. The summed E-state index contributed by atoms with van der Waals surface area (Å²) in [4.78, 5) is 0. The number of thiophene rings is 1. The van der Waals surface area contributed by atoms with Gasteiger partial charge < -0.3 is 0 Å². The van der Waals surface area contributed by atoms with E-state index in [0.29, 0.717) is 10.0 Å². The topological polar surface area (TPSA) is 38.0 Å². The van der Waals surface area contributed by atoms with E-state index in [0.717, 1.165) is 8.45 Å². The van der Waals surface area contributed by atoms with Gasteiger partial charge in [-0.05, 0) is 61.6 Å². The summed E-state index contributed by atoms with van der Waals surface area (Å²) in [6.45, 7) is 0. The lowest BCUT2D eigenvalue weighted by atomic mass is 10.0. The zero-order chi connectivity index (χ0) is 12.4. The maximum Gasteiger partial charge on any atom is 0.142 e. The lowest BCUT2D eigenvalue weighted by Crippen LogP contribution is -2.29. The van der Waals surface area contributed by atoms with Gasteiger partial charge in [-0.25, -0.2) is 9.82 Å². The van der Waals surface area contributed by atoms with Crippen LogP contribution >= 0.6 is 49.9 Å². The van der Waals surface area contributed by atoms with Crippen molar-refractivity contribution < 1.29 is 4.39 Å². The quantitative estimate of drug-likeness (QED) is 0.445. The molecule has 0 fully saturated rings. The summed E-state index contributed by atoms with van der Waals surface area (Å²) in [5.74, 6) is 5.25. The van der Waals surface area contributed by atoms with Gasteiger partial charge in [0.15, 0.2) is 0 Å². The molecule has 0 amide bonds. The molecule has 0 saturated carbocycles. The Labute approximate surface area is 125 Å². The Kier molecular flexibility index (Phi) is 4.53. The molecule has 0 saturated heterocycles. The summed E-state index contributed by atoms with van der Waals surface area (Å²) in [5.41, 5.74) is 4.17. The Morgan fingerprint density at radius 2 is 2.24 bits per heavy atom. The van der Waals surface area contributed by atoms with Gasteiger partial charge in [0.2, 0.25) is 0 Å². The lowest BCUT2D eigenvalue weighted by Gasteiger charge is -2.16. The molecule has 2 aromatic rings. The fourth-order valence-electron chi connectivity index (χ4n) is 1.58. The third-order valence-electron chi connectivity index (χ3n) is 2.38. The van der Waals surface area contributed by atoms with E-state index in [1.54, 1.807) is 29.5 Å². The summed E-state index contributed by atoms with van der Waals surface area (Å²) in [5, 5.41) is 1.98. The molecule has 1 heterocycles. The SMILES string of the molecule is NNC(c1csc(I)c1)c1cccc(Br)c1F. The molecule has 0 radical (unpaired) electrons. The van der Waals surface area contributed by atoms with Crippen LogP contribution in [0.2, 0.25) is 0 Å². The fraction of sp³-hybridized carbons (Fsp3) is 0.0909. The number of nitrogens with two attached hydrogens (primary N) is 1. The normalized spacial score (nSPS) is 12.7. The monoisotopic (exact) mass is 426 g/mol. The van der Waals surface area contributed by atoms with E-state index < -0.39 is 0 Å². The minimum absolute atomic E-state index is 0.281. The summed E-state index contributed by atoms with van der Waals surface area (Å²) >= 11 is 7.02. The Hall–Kier alpha value is -0.0200. The maximum atomic E-state index is 14.0. The second-order valence-electron chi connectivity index (χ2n) is 3.43. The molecule has 1 atom stereocenters. The van der Waals surface area contributed by atoms with Gasteiger partial charge in [-0.1, -0.05) is 12.1 Å². The van der Waals surface area contributed by atoms with Crippen LogP contribution in [0.25, 0.3) is 0 Å². The van der Waals surface area contributed by atoms with Gasteiger partial charge in [-0.15, -0.1) is 11.3 Å².